The van der Waals surface area contributed by atoms with Crippen LogP contribution in [0.3, 0.4) is 0 Å². The molecule has 0 spiro atoms. The standard InChI is InChI=1S/C42H34B8O/c43-35-31-28(21-15-13-20(14-16-21)19-7-2-1-3-8-19)32-34(38(46)42(50)40(48)36(32)44)30(33(31)37(45)41(49)39(35)47)24-11-6-12-26-29(24)25-17-22-9-4-5-10-23(22)18-27(25)51-26/h1-18H,43-50H2. The zero-order valence-corrected chi connectivity index (χ0v) is 30.8. The van der Waals surface area contributed by atoms with Gasteiger partial charge in [-0.15, -0.1) is 21.9 Å². The summed E-state index contributed by atoms with van der Waals surface area (Å²) in [7, 11) is 18.6. The summed E-state index contributed by atoms with van der Waals surface area (Å²) in [6.45, 7) is 0. The monoisotopic (exact) mass is 642 g/mol. The van der Waals surface area contributed by atoms with E-state index in [0.29, 0.717) is 0 Å². The smallest absolute Gasteiger partial charge is 0.139 e. The Morgan fingerprint density at radius 1 is 0.333 bits per heavy atom. The van der Waals surface area contributed by atoms with E-state index in [4.69, 9.17) is 4.42 Å². The molecule has 0 fully saturated rings. The SMILES string of the molecule is Bc1c(B)c(B)c2c(-c3cccc4oc5cc6ccccc6cc5c34)c3c(B)c(B)c(B)c(B)c3c(-c3ccc(-c4ccccc4)cc3)c2c1B. The van der Waals surface area contributed by atoms with Crippen molar-refractivity contribution in [3.8, 4) is 33.4 Å². The first-order valence-corrected chi connectivity index (χ1v) is 18.1. The van der Waals surface area contributed by atoms with E-state index >= 15 is 0 Å². The largest absolute Gasteiger partial charge is 0.456 e. The summed E-state index contributed by atoms with van der Waals surface area (Å²) in [6, 6.07) is 39.8. The molecule has 0 atom stereocenters. The van der Waals surface area contributed by atoms with Gasteiger partial charge in [-0.05, 0) is 83.9 Å². The minimum absolute atomic E-state index is 0.927. The van der Waals surface area contributed by atoms with Crippen molar-refractivity contribution in [2.75, 3.05) is 0 Å². The predicted octanol–water partition coefficient (Wildman–Crippen LogP) is -1.89. The molecule has 0 unspecified atom stereocenters. The molecule has 0 saturated carbocycles. The molecule has 8 aromatic carbocycles. The van der Waals surface area contributed by atoms with Gasteiger partial charge in [0, 0.05) is 10.8 Å². The highest BCUT2D eigenvalue weighted by Crippen LogP contribution is 2.45. The van der Waals surface area contributed by atoms with Gasteiger partial charge in [0.1, 0.15) is 73.9 Å². The minimum atomic E-state index is 0.927. The Labute approximate surface area is 306 Å². The Bertz CT molecular complexity index is 2850. The summed E-state index contributed by atoms with van der Waals surface area (Å²) >= 11 is 0. The molecule has 0 bridgehead atoms. The third-order valence-electron chi connectivity index (χ3n) is 12.3. The van der Waals surface area contributed by atoms with Crippen LogP contribution in [0.25, 0.3) is 87.6 Å². The lowest BCUT2D eigenvalue weighted by Crippen LogP contribution is -2.50. The molecule has 232 valence electrons. The van der Waals surface area contributed by atoms with Crippen molar-refractivity contribution in [3.05, 3.63) is 109 Å². The first-order valence-electron chi connectivity index (χ1n) is 18.1. The zero-order chi connectivity index (χ0) is 35.3. The minimum Gasteiger partial charge on any atom is -0.456 e. The number of hydrogen-bond acceptors (Lipinski definition) is 1. The fraction of sp³-hybridized carbons (Fsp3) is 0. The van der Waals surface area contributed by atoms with Crippen LogP contribution in [0.4, 0.5) is 0 Å². The molecule has 51 heavy (non-hydrogen) atoms. The Morgan fingerprint density at radius 2 is 0.804 bits per heavy atom. The molecule has 0 N–H and O–H groups in total. The van der Waals surface area contributed by atoms with Crippen molar-refractivity contribution >= 4 is 161 Å². The second-order valence-corrected chi connectivity index (χ2v) is 14.7. The molecule has 0 aliphatic heterocycles. The molecule has 1 heterocycles. The average molecular weight is 641 g/mol. The van der Waals surface area contributed by atoms with E-state index < -0.39 is 0 Å². The molecule has 0 saturated heterocycles. The first kappa shape index (κ1) is 31.8. The maximum absolute atomic E-state index is 6.68. The van der Waals surface area contributed by atoms with Gasteiger partial charge >= 0.3 is 0 Å². The summed E-state index contributed by atoms with van der Waals surface area (Å²) in [5, 5.41) is 10.2. The van der Waals surface area contributed by atoms with E-state index in [1.807, 2.05) is 0 Å². The van der Waals surface area contributed by atoms with Gasteiger partial charge in [-0.3, -0.25) is 0 Å². The topological polar surface area (TPSA) is 13.1 Å². The fourth-order valence-electron chi connectivity index (χ4n) is 8.86. The van der Waals surface area contributed by atoms with E-state index in [2.05, 4.69) is 172 Å². The van der Waals surface area contributed by atoms with E-state index in [1.165, 1.54) is 115 Å². The Balaban J connectivity index is 1.51. The summed E-state index contributed by atoms with van der Waals surface area (Å²) < 4.78 is 6.68. The van der Waals surface area contributed by atoms with Crippen molar-refractivity contribution in [1.29, 1.82) is 0 Å². The van der Waals surface area contributed by atoms with Gasteiger partial charge in [-0.2, -0.15) is 0 Å². The van der Waals surface area contributed by atoms with Gasteiger partial charge in [-0.1, -0.05) is 113 Å². The van der Waals surface area contributed by atoms with Crippen LogP contribution in [0.1, 0.15) is 0 Å². The zero-order valence-electron chi connectivity index (χ0n) is 30.8. The molecule has 0 aliphatic rings. The Hall–Kier alpha value is -5.14. The molecule has 9 heteroatoms. The van der Waals surface area contributed by atoms with Gasteiger partial charge in [0.25, 0.3) is 0 Å². The average Bonchev–Trinajstić information content (AvgIpc) is 3.53. The molecule has 1 aromatic heterocycles. The quantitative estimate of drug-likeness (QED) is 0.163. The number of furan rings is 1. The highest BCUT2D eigenvalue weighted by Gasteiger charge is 2.26. The van der Waals surface area contributed by atoms with Crippen LogP contribution in [0, 0.1) is 0 Å². The van der Waals surface area contributed by atoms with Crippen LogP contribution in [0.15, 0.2) is 114 Å². The predicted molar refractivity (Wildman–Crippen MR) is 248 cm³/mol. The van der Waals surface area contributed by atoms with Gasteiger partial charge in [0.05, 0.1) is 0 Å². The highest BCUT2D eigenvalue weighted by molar-refractivity contribution is 6.71. The lowest BCUT2D eigenvalue weighted by Gasteiger charge is -2.28. The molecular weight excluding hydrogens is 607 g/mol. The first-order chi connectivity index (χ1) is 24.7. The van der Waals surface area contributed by atoms with Crippen molar-refractivity contribution in [1.82, 2.24) is 0 Å². The highest BCUT2D eigenvalue weighted by atomic mass is 16.3. The number of rotatable bonds is 3. The molecule has 0 amide bonds. The van der Waals surface area contributed by atoms with Crippen LogP contribution in [0.5, 0.6) is 0 Å². The lowest BCUT2D eigenvalue weighted by atomic mass is 9.59. The summed E-state index contributed by atoms with van der Waals surface area (Å²) in [5.41, 5.74) is 20.3. The normalized spacial score (nSPS) is 11.8. The second kappa shape index (κ2) is 11.7. The number of fused-ring (bicyclic) bond motifs is 6. The number of benzene rings is 8. The van der Waals surface area contributed by atoms with Gasteiger partial charge in [0.2, 0.25) is 0 Å². The van der Waals surface area contributed by atoms with Crippen LogP contribution >= 0.6 is 0 Å². The third kappa shape index (κ3) is 4.60. The Kier molecular flexibility index (Phi) is 7.30. The van der Waals surface area contributed by atoms with E-state index in [0.717, 1.165) is 16.6 Å². The van der Waals surface area contributed by atoms with Crippen LogP contribution in [0.2, 0.25) is 0 Å². The lowest BCUT2D eigenvalue weighted by molar-refractivity contribution is 0.669. The van der Waals surface area contributed by atoms with Crippen molar-refractivity contribution < 1.29 is 4.42 Å². The van der Waals surface area contributed by atoms with E-state index in [-0.39, 0.29) is 0 Å². The summed E-state index contributed by atoms with van der Waals surface area (Å²) in [6.07, 6.45) is 0. The van der Waals surface area contributed by atoms with Crippen molar-refractivity contribution in [2.24, 2.45) is 0 Å². The molecule has 0 radical (unpaired) electrons. The van der Waals surface area contributed by atoms with Gasteiger partial charge < -0.3 is 4.42 Å². The molecule has 1 nitrogen and oxygen atoms in total. The van der Waals surface area contributed by atoms with Crippen LogP contribution < -0.4 is 43.7 Å². The Morgan fingerprint density at radius 3 is 1.37 bits per heavy atom. The van der Waals surface area contributed by atoms with Crippen LogP contribution in [-0.2, 0) is 0 Å². The van der Waals surface area contributed by atoms with Crippen molar-refractivity contribution in [3.63, 3.8) is 0 Å². The van der Waals surface area contributed by atoms with Crippen molar-refractivity contribution in [2.45, 2.75) is 0 Å². The number of hydrogen-bond donors (Lipinski definition) is 0. The summed E-state index contributed by atoms with van der Waals surface area (Å²) in [5.74, 6) is 0. The summed E-state index contributed by atoms with van der Waals surface area (Å²) in [4.78, 5) is 0. The van der Waals surface area contributed by atoms with Gasteiger partial charge in [0.15, 0.2) is 0 Å². The molecule has 9 aromatic rings. The maximum Gasteiger partial charge on any atom is 0.139 e. The fourth-order valence-corrected chi connectivity index (χ4v) is 8.86. The second-order valence-electron chi connectivity index (χ2n) is 14.7. The van der Waals surface area contributed by atoms with E-state index in [1.54, 1.807) is 0 Å². The van der Waals surface area contributed by atoms with Gasteiger partial charge in [-0.25, -0.2) is 0 Å². The molecular formula is C42H34B8O. The third-order valence-corrected chi connectivity index (χ3v) is 12.3. The van der Waals surface area contributed by atoms with E-state index in [9.17, 15) is 0 Å². The molecule has 0 aliphatic carbocycles. The molecule has 9 rings (SSSR count). The maximum atomic E-state index is 6.68. The van der Waals surface area contributed by atoms with Crippen LogP contribution in [-0.4, -0.2) is 62.8 Å².